The van der Waals surface area contributed by atoms with Crippen LogP contribution in [0.4, 0.5) is 0 Å². The summed E-state index contributed by atoms with van der Waals surface area (Å²) in [5.41, 5.74) is 1.31. The highest BCUT2D eigenvalue weighted by Crippen LogP contribution is 2.20. The number of nitrogens with zero attached hydrogens (tertiary/aromatic N) is 1. The molecule has 16 heavy (non-hydrogen) atoms. The first-order valence-electron chi connectivity index (χ1n) is 5.52. The maximum Gasteiger partial charge on any atom is 0.0448 e. The molecule has 0 bridgehead atoms. The smallest absolute Gasteiger partial charge is 0.0448 e. The van der Waals surface area contributed by atoms with Crippen LogP contribution >= 0.6 is 15.9 Å². The van der Waals surface area contributed by atoms with Crippen LogP contribution in [-0.2, 0) is 6.54 Å². The van der Waals surface area contributed by atoms with Crippen molar-refractivity contribution in [2.24, 2.45) is 0 Å². The normalized spacial score (nSPS) is 12.1. The fourth-order valence-corrected chi connectivity index (χ4v) is 2.03. The molecule has 0 aliphatic carbocycles. The first kappa shape index (κ1) is 13.7. The minimum absolute atomic E-state index is 0.0249. The zero-order valence-corrected chi connectivity index (χ0v) is 11.8. The molecule has 0 saturated carbocycles. The van der Waals surface area contributed by atoms with Crippen molar-refractivity contribution in [3.05, 3.63) is 34.3 Å². The van der Waals surface area contributed by atoms with E-state index in [1.54, 1.807) is 0 Å². The number of aliphatic hydroxyl groups is 1. The van der Waals surface area contributed by atoms with Crippen LogP contribution in [0.25, 0.3) is 0 Å². The van der Waals surface area contributed by atoms with Crippen LogP contribution in [0.1, 0.15) is 25.8 Å². The lowest BCUT2D eigenvalue weighted by molar-refractivity contribution is 0.110. The molecule has 0 unspecified atom stereocenters. The third-order valence-corrected chi connectivity index (χ3v) is 3.56. The Bertz CT molecular complexity index is 338. The minimum atomic E-state index is 0.0249. The number of rotatable bonds is 5. The van der Waals surface area contributed by atoms with E-state index < -0.39 is 0 Å². The summed E-state index contributed by atoms with van der Waals surface area (Å²) in [7, 11) is 2.09. The van der Waals surface area contributed by atoms with Crippen LogP contribution in [0, 0.1) is 0 Å². The van der Waals surface area contributed by atoms with Crippen molar-refractivity contribution < 1.29 is 5.11 Å². The highest BCUT2D eigenvalue weighted by atomic mass is 79.9. The van der Waals surface area contributed by atoms with Crippen LogP contribution in [0.15, 0.2) is 28.7 Å². The molecule has 0 spiro atoms. The van der Waals surface area contributed by atoms with E-state index >= 15 is 0 Å². The molecule has 0 amide bonds. The van der Waals surface area contributed by atoms with Crippen LogP contribution < -0.4 is 0 Å². The molecular formula is C13H20BrNO. The Morgan fingerprint density at radius 1 is 1.38 bits per heavy atom. The van der Waals surface area contributed by atoms with Gasteiger partial charge in [-0.2, -0.15) is 0 Å². The maximum atomic E-state index is 9.03. The van der Waals surface area contributed by atoms with Crippen LogP contribution in [0.2, 0.25) is 0 Å². The molecule has 90 valence electrons. The van der Waals surface area contributed by atoms with Crippen molar-refractivity contribution >= 4 is 15.9 Å². The number of hydrogen-bond acceptors (Lipinski definition) is 2. The predicted octanol–water partition coefficient (Wildman–Crippen LogP) is 3.04. The Kier molecular flexibility index (Phi) is 4.96. The Balaban J connectivity index is 2.67. The van der Waals surface area contributed by atoms with E-state index in [-0.39, 0.29) is 12.1 Å². The van der Waals surface area contributed by atoms with Gasteiger partial charge in [-0.15, -0.1) is 0 Å². The van der Waals surface area contributed by atoms with E-state index in [0.717, 1.165) is 17.4 Å². The number of hydrogen-bond donors (Lipinski definition) is 1. The zero-order valence-electron chi connectivity index (χ0n) is 10.2. The Morgan fingerprint density at radius 3 is 2.62 bits per heavy atom. The van der Waals surface area contributed by atoms with Gasteiger partial charge in [-0.3, -0.25) is 4.90 Å². The monoisotopic (exact) mass is 285 g/mol. The highest BCUT2D eigenvalue weighted by Gasteiger charge is 2.22. The van der Waals surface area contributed by atoms with Gasteiger partial charge in [0.15, 0.2) is 0 Å². The lowest BCUT2D eigenvalue weighted by Gasteiger charge is -2.35. The van der Waals surface area contributed by atoms with Crippen molar-refractivity contribution in [2.45, 2.75) is 32.4 Å². The average Bonchev–Trinajstić information content (AvgIpc) is 2.17. The predicted molar refractivity (Wildman–Crippen MR) is 71.4 cm³/mol. The molecule has 3 heteroatoms. The van der Waals surface area contributed by atoms with E-state index in [4.69, 9.17) is 5.11 Å². The fraction of sp³-hybridized carbons (Fsp3) is 0.538. The number of halogens is 1. The first-order chi connectivity index (χ1) is 7.45. The summed E-state index contributed by atoms with van der Waals surface area (Å²) in [6.45, 7) is 5.44. The van der Waals surface area contributed by atoms with Gasteiger partial charge < -0.3 is 5.11 Å². The van der Waals surface area contributed by atoms with E-state index in [2.05, 4.69) is 53.9 Å². The van der Waals surface area contributed by atoms with Crippen molar-refractivity contribution in [1.82, 2.24) is 4.90 Å². The van der Waals surface area contributed by atoms with Crippen LogP contribution in [0.3, 0.4) is 0 Å². The van der Waals surface area contributed by atoms with Gasteiger partial charge in [0, 0.05) is 23.2 Å². The van der Waals surface area contributed by atoms with Gasteiger partial charge in [0.05, 0.1) is 0 Å². The maximum absolute atomic E-state index is 9.03. The average molecular weight is 286 g/mol. The van der Waals surface area contributed by atoms with E-state index in [1.165, 1.54) is 5.56 Å². The van der Waals surface area contributed by atoms with Gasteiger partial charge in [0.1, 0.15) is 0 Å². The summed E-state index contributed by atoms with van der Waals surface area (Å²) in [4.78, 5) is 2.27. The van der Waals surface area contributed by atoms with Gasteiger partial charge in [-0.05, 0) is 45.0 Å². The van der Waals surface area contributed by atoms with Crippen molar-refractivity contribution in [3.63, 3.8) is 0 Å². The number of aliphatic hydroxyl groups excluding tert-OH is 1. The second-order valence-electron chi connectivity index (χ2n) is 4.77. The Labute approximate surface area is 106 Å². The molecule has 1 rings (SSSR count). The molecule has 0 heterocycles. The van der Waals surface area contributed by atoms with Crippen molar-refractivity contribution in [3.8, 4) is 0 Å². The summed E-state index contributed by atoms with van der Waals surface area (Å²) < 4.78 is 1.11. The Morgan fingerprint density at radius 2 is 2.06 bits per heavy atom. The van der Waals surface area contributed by atoms with E-state index in [1.807, 2.05) is 12.1 Å². The van der Waals surface area contributed by atoms with Crippen LogP contribution in [-0.4, -0.2) is 29.2 Å². The van der Waals surface area contributed by atoms with E-state index in [0.29, 0.717) is 0 Å². The topological polar surface area (TPSA) is 23.5 Å². The summed E-state index contributed by atoms with van der Waals surface area (Å²) in [5.74, 6) is 0. The summed E-state index contributed by atoms with van der Waals surface area (Å²) in [6, 6.07) is 8.33. The molecule has 0 saturated heterocycles. The minimum Gasteiger partial charge on any atom is -0.396 e. The largest absolute Gasteiger partial charge is 0.396 e. The summed E-state index contributed by atoms with van der Waals surface area (Å²) in [5, 5.41) is 9.03. The molecule has 0 radical (unpaired) electrons. The molecule has 0 fully saturated rings. The van der Waals surface area contributed by atoms with E-state index in [9.17, 15) is 0 Å². The van der Waals surface area contributed by atoms with Gasteiger partial charge >= 0.3 is 0 Å². The van der Waals surface area contributed by atoms with Gasteiger partial charge in [0.25, 0.3) is 0 Å². The van der Waals surface area contributed by atoms with Gasteiger partial charge in [-0.25, -0.2) is 0 Å². The van der Waals surface area contributed by atoms with Crippen molar-refractivity contribution in [2.75, 3.05) is 13.7 Å². The molecule has 0 aromatic heterocycles. The second-order valence-corrected chi connectivity index (χ2v) is 5.69. The third-order valence-electron chi connectivity index (χ3n) is 3.07. The summed E-state index contributed by atoms with van der Waals surface area (Å²) >= 11 is 3.47. The molecule has 2 nitrogen and oxygen atoms in total. The quantitative estimate of drug-likeness (QED) is 0.899. The zero-order chi connectivity index (χ0) is 12.2. The van der Waals surface area contributed by atoms with Crippen molar-refractivity contribution in [1.29, 1.82) is 0 Å². The molecule has 1 N–H and O–H groups in total. The molecule has 0 aliphatic heterocycles. The van der Waals surface area contributed by atoms with Gasteiger partial charge in [-0.1, -0.05) is 28.1 Å². The molecule has 1 aromatic carbocycles. The molecule has 0 atom stereocenters. The Hall–Kier alpha value is -0.380. The standard InChI is InChI=1S/C13H20BrNO/c1-13(2,7-8-16)15(3)10-11-5-4-6-12(14)9-11/h4-6,9,16H,7-8,10H2,1-3H3. The molecular weight excluding hydrogens is 266 g/mol. The lowest BCUT2D eigenvalue weighted by atomic mass is 9.98. The fourth-order valence-electron chi connectivity index (χ4n) is 1.59. The lowest BCUT2D eigenvalue weighted by Crippen LogP contribution is -2.41. The number of benzene rings is 1. The molecule has 0 aliphatic rings. The van der Waals surface area contributed by atoms with Gasteiger partial charge in [0.2, 0.25) is 0 Å². The summed E-state index contributed by atoms with van der Waals surface area (Å²) in [6.07, 6.45) is 0.789. The SMILES string of the molecule is CN(Cc1cccc(Br)c1)C(C)(C)CCO. The second kappa shape index (κ2) is 5.80. The first-order valence-corrected chi connectivity index (χ1v) is 6.31. The molecule has 1 aromatic rings. The third kappa shape index (κ3) is 3.89. The highest BCUT2D eigenvalue weighted by molar-refractivity contribution is 9.10. The van der Waals surface area contributed by atoms with Crippen LogP contribution in [0.5, 0.6) is 0 Å².